The third-order valence-corrected chi connectivity index (χ3v) is 4.13. The van der Waals surface area contributed by atoms with Crippen molar-refractivity contribution < 1.29 is 9.53 Å². The summed E-state index contributed by atoms with van der Waals surface area (Å²) in [5.41, 5.74) is 0.994. The highest BCUT2D eigenvalue weighted by Crippen LogP contribution is 2.38. The van der Waals surface area contributed by atoms with Crippen molar-refractivity contribution in [3.63, 3.8) is 0 Å². The molecular formula is C20H18N2O2. The molecule has 120 valence electrons. The molecule has 0 aliphatic rings. The number of hydrogen-bond acceptors (Lipinski definition) is 4. The van der Waals surface area contributed by atoms with E-state index in [0.29, 0.717) is 24.0 Å². The predicted octanol–water partition coefficient (Wildman–Crippen LogP) is 3.71. The van der Waals surface area contributed by atoms with Crippen LogP contribution in [0.15, 0.2) is 54.6 Å². The molecule has 2 aromatic carbocycles. The lowest BCUT2D eigenvalue weighted by molar-refractivity contribution is -0.140. The molecule has 2 aromatic rings. The Morgan fingerprint density at radius 1 is 1.08 bits per heavy atom. The van der Waals surface area contributed by atoms with Crippen molar-refractivity contribution in [1.29, 1.82) is 10.5 Å². The Labute approximate surface area is 141 Å². The topological polar surface area (TPSA) is 73.9 Å². The molecule has 0 unspecified atom stereocenters. The lowest BCUT2D eigenvalue weighted by atomic mass is 9.71. The van der Waals surface area contributed by atoms with Crippen LogP contribution in [0.5, 0.6) is 0 Å². The number of carbonyl (C=O) groups excluding carboxylic acids is 1. The van der Waals surface area contributed by atoms with Crippen molar-refractivity contribution in [3.8, 4) is 12.1 Å². The molecule has 0 heterocycles. The van der Waals surface area contributed by atoms with Crippen LogP contribution in [-0.2, 0) is 14.9 Å². The van der Waals surface area contributed by atoms with Crippen molar-refractivity contribution in [2.75, 3.05) is 7.11 Å². The average molecular weight is 318 g/mol. The van der Waals surface area contributed by atoms with Crippen LogP contribution in [-0.4, -0.2) is 13.1 Å². The van der Waals surface area contributed by atoms with Crippen molar-refractivity contribution in [1.82, 2.24) is 0 Å². The van der Waals surface area contributed by atoms with Gasteiger partial charge in [0, 0.05) is 6.42 Å². The van der Waals surface area contributed by atoms with Crippen LogP contribution in [0, 0.1) is 22.7 Å². The summed E-state index contributed by atoms with van der Waals surface area (Å²) >= 11 is 0. The fraction of sp³-hybridized carbons (Fsp3) is 0.250. The van der Waals surface area contributed by atoms with Crippen LogP contribution in [0.3, 0.4) is 0 Å². The summed E-state index contributed by atoms with van der Waals surface area (Å²) in [5.74, 6) is -0.302. The zero-order valence-corrected chi connectivity index (χ0v) is 13.5. The minimum Gasteiger partial charge on any atom is -0.469 e. The van der Waals surface area contributed by atoms with Crippen molar-refractivity contribution in [3.05, 3.63) is 71.3 Å². The van der Waals surface area contributed by atoms with Crippen LogP contribution in [0.4, 0.5) is 0 Å². The molecule has 0 aromatic heterocycles. The maximum absolute atomic E-state index is 11.4. The second-order valence-electron chi connectivity index (χ2n) is 5.47. The molecule has 4 heteroatoms. The number of nitriles is 2. The summed E-state index contributed by atoms with van der Waals surface area (Å²) in [7, 11) is 1.35. The highest BCUT2D eigenvalue weighted by Gasteiger charge is 2.36. The van der Waals surface area contributed by atoms with E-state index in [-0.39, 0.29) is 12.4 Å². The van der Waals surface area contributed by atoms with Gasteiger partial charge < -0.3 is 4.74 Å². The summed E-state index contributed by atoms with van der Waals surface area (Å²) in [6.07, 6.45) is 1.16. The minimum atomic E-state index is -0.971. The van der Waals surface area contributed by atoms with E-state index in [1.54, 1.807) is 12.1 Å². The minimum absolute atomic E-state index is 0.238. The van der Waals surface area contributed by atoms with Gasteiger partial charge in [0.05, 0.1) is 24.8 Å². The largest absolute Gasteiger partial charge is 0.469 e. The number of rotatable bonds is 6. The van der Waals surface area contributed by atoms with Gasteiger partial charge >= 0.3 is 5.97 Å². The normalized spacial score (nSPS) is 12.5. The van der Waals surface area contributed by atoms with Gasteiger partial charge in [-0.25, -0.2) is 0 Å². The number of benzene rings is 2. The number of hydrogen-bond donors (Lipinski definition) is 0. The SMILES string of the molecule is COC(=O)CCC[C@](C#N)(c1ccccc1)c1ccccc1C#N. The zero-order valence-electron chi connectivity index (χ0n) is 13.5. The van der Waals surface area contributed by atoms with Gasteiger partial charge in [-0.15, -0.1) is 0 Å². The number of carbonyl (C=O) groups is 1. The van der Waals surface area contributed by atoms with Gasteiger partial charge in [-0.05, 0) is 30.0 Å². The fourth-order valence-electron chi connectivity index (χ4n) is 2.89. The first-order valence-corrected chi connectivity index (χ1v) is 7.71. The first-order valence-electron chi connectivity index (χ1n) is 7.71. The lowest BCUT2D eigenvalue weighted by Gasteiger charge is -2.28. The Bertz CT molecular complexity index is 787. The van der Waals surface area contributed by atoms with Crippen LogP contribution < -0.4 is 0 Å². The highest BCUT2D eigenvalue weighted by atomic mass is 16.5. The molecule has 0 N–H and O–H groups in total. The van der Waals surface area contributed by atoms with Crippen molar-refractivity contribution >= 4 is 5.97 Å². The van der Waals surface area contributed by atoms with Gasteiger partial charge in [0.2, 0.25) is 0 Å². The monoisotopic (exact) mass is 318 g/mol. The third kappa shape index (κ3) is 3.45. The van der Waals surface area contributed by atoms with Crippen LogP contribution in [0.2, 0.25) is 0 Å². The Morgan fingerprint density at radius 2 is 1.75 bits per heavy atom. The maximum Gasteiger partial charge on any atom is 0.305 e. The molecule has 0 spiro atoms. The van der Waals surface area contributed by atoms with E-state index < -0.39 is 5.41 Å². The van der Waals surface area contributed by atoms with Gasteiger partial charge in [0.25, 0.3) is 0 Å². The molecule has 24 heavy (non-hydrogen) atoms. The van der Waals surface area contributed by atoms with Crippen molar-refractivity contribution in [2.24, 2.45) is 0 Å². The molecule has 0 saturated carbocycles. The van der Waals surface area contributed by atoms with E-state index in [0.717, 1.165) is 5.56 Å². The van der Waals surface area contributed by atoms with E-state index in [1.165, 1.54) is 7.11 Å². The number of esters is 1. The molecule has 4 nitrogen and oxygen atoms in total. The zero-order chi connectivity index (χ0) is 17.4. The quantitative estimate of drug-likeness (QED) is 0.761. The number of methoxy groups -OCH3 is 1. The van der Waals surface area contributed by atoms with E-state index >= 15 is 0 Å². The fourth-order valence-corrected chi connectivity index (χ4v) is 2.89. The summed E-state index contributed by atoms with van der Waals surface area (Å²) < 4.78 is 4.68. The Hall–Kier alpha value is -3.11. The lowest BCUT2D eigenvalue weighted by Crippen LogP contribution is -2.27. The molecule has 0 aliphatic heterocycles. The molecule has 0 aliphatic carbocycles. The smallest absolute Gasteiger partial charge is 0.305 e. The van der Waals surface area contributed by atoms with Gasteiger partial charge in [0.15, 0.2) is 0 Å². The summed E-state index contributed by atoms with van der Waals surface area (Å²) in [5, 5.41) is 19.5. The van der Waals surface area contributed by atoms with E-state index in [1.807, 2.05) is 42.5 Å². The van der Waals surface area contributed by atoms with Crippen LogP contribution in [0.25, 0.3) is 0 Å². The molecule has 0 radical (unpaired) electrons. The van der Waals surface area contributed by atoms with Gasteiger partial charge in [0.1, 0.15) is 5.41 Å². The standard InChI is InChI=1S/C20H18N2O2/c1-24-19(23)12-7-13-20(15-22,17-9-3-2-4-10-17)18-11-6-5-8-16(18)14-21/h2-6,8-11H,7,12-13H2,1H3/t20-/m0/s1. The number of ether oxygens (including phenoxy) is 1. The summed E-state index contributed by atoms with van der Waals surface area (Å²) in [4.78, 5) is 11.4. The molecule has 2 rings (SSSR count). The van der Waals surface area contributed by atoms with Gasteiger partial charge in [-0.2, -0.15) is 10.5 Å². The molecule has 0 bridgehead atoms. The first kappa shape index (κ1) is 17.2. The van der Waals surface area contributed by atoms with E-state index in [4.69, 9.17) is 0 Å². The predicted molar refractivity (Wildman–Crippen MR) is 89.9 cm³/mol. The second-order valence-corrected chi connectivity index (χ2v) is 5.47. The molecule has 0 amide bonds. The molecular weight excluding hydrogens is 300 g/mol. The Kier molecular flexibility index (Phi) is 5.71. The first-order chi connectivity index (χ1) is 11.7. The van der Waals surface area contributed by atoms with Gasteiger partial charge in [-0.3, -0.25) is 4.79 Å². The molecule has 0 saturated heterocycles. The highest BCUT2D eigenvalue weighted by molar-refractivity contribution is 5.69. The molecule has 1 atom stereocenters. The van der Waals surface area contributed by atoms with E-state index in [9.17, 15) is 15.3 Å². The second kappa shape index (κ2) is 7.94. The summed E-state index contributed by atoms with van der Waals surface area (Å²) in [6.45, 7) is 0. The Morgan fingerprint density at radius 3 is 2.38 bits per heavy atom. The maximum atomic E-state index is 11.4. The van der Waals surface area contributed by atoms with Crippen LogP contribution >= 0.6 is 0 Å². The van der Waals surface area contributed by atoms with Crippen molar-refractivity contribution in [2.45, 2.75) is 24.7 Å². The third-order valence-electron chi connectivity index (χ3n) is 4.13. The average Bonchev–Trinajstić information content (AvgIpc) is 2.66. The van der Waals surface area contributed by atoms with E-state index in [2.05, 4.69) is 16.9 Å². The number of nitrogens with zero attached hydrogens (tertiary/aromatic N) is 2. The van der Waals surface area contributed by atoms with Crippen LogP contribution in [0.1, 0.15) is 36.0 Å². The Balaban J connectivity index is 2.51. The summed E-state index contributed by atoms with van der Waals surface area (Å²) in [6, 6.07) is 21.1. The van der Waals surface area contributed by atoms with Gasteiger partial charge in [-0.1, -0.05) is 48.5 Å². The molecule has 0 fully saturated rings.